The number of benzene rings is 1. The molecule has 3 aromatic heterocycles. The first-order valence-corrected chi connectivity index (χ1v) is 19.4. The number of carbonyl (C=O) groups is 1. The van der Waals surface area contributed by atoms with E-state index < -0.39 is 31.5 Å². The minimum absolute atomic E-state index is 0.164. The van der Waals surface area contributed by atoms with Gasteiger partial charge in [-0.15, -0.1) is 0 Å². The van der Waals surface area contributed by atoms with Crippen molar-refractivity contribution in [3.8, 4) is 11.4 Å². The van der Waals surface area contributed by atoms with Gasteiger partial charge in [-0.25, -0.2) is 9.78 Å². The van der Waals surface area contributed by atoms with Gasteiger partial charge in [0.1, 0.15) is 23.5 Å². The minimum Gasteiger partial charge on any atom is -0.444 e. The summed E-state index contributed by atoms with van der Waals surface area (Å²) in [5.74, 6) is 0.187. The van der Waals surface area contributed by atoms with E-state index in [0.717, 1.165) is 17.7 Å². The molecule has 4 aromatic rings. The van der Waals surface area contributed by atoms with E-state index in [-0.39, 0.29) is 24.7 Å². The molecule has 1 amide bonds. The number of pyridine rings is 1. The normalized spacial score (nSPS) is 12.6. The number of H-pyrrole nitrogens is 1. The van der Waals surface area contributed by atoms with Gasteiger partial charge in [0.15, 0.2) is 0 Å². The lowest BCUT2D eigenvalue weighted by molar-refractivity contribution is -0.138. The van der Waals surface area contributed by atoms with Crippen LogP contribution in [0.2, 0.25) is 25.7 Å². The molecule has 0 saturated carbocycles. The van der Waals surface area contributed by atoms with Crippen molar-refractivity contribution < 1.29 is 27.4 Å². The van der Waals surface area contributed by atoms with Crippen LogP contribution in [-0.4, -0.2) is 45.9 Å². The molecular weight excluding hydrogens is 723 g/mol. The second-order valence-electron chi connectivity index (χ2n) is 12.6. The maximum absolute atomic E-state index is 13.7. The van der Waals surface area contributed by atoms with Crippen LogP contribution in [0.4, 0.5) is 23.9 Å². The molecule has 1 aromatic carbocycles. The molecule has 0 saturated heterocycles. The van der Waals surface area contributed by atoms with E-state index in [0.29, 0.717) is 44.5 Å². The van der Waals surface area contributed by atoms with Crippen molar-refractivity contribution in [3.63, 3.8) is 0 Å². The Kier molecular flexibility index (Phi) is 10.4. The van der Waals surface area contributed by atoms with Gasteiger partial charge in [0.2, 0.25) is 5.95 Å². The number of carbonyl (C=O) groups excluding carboxylic acids is 1. The summed E-state index contributed by atoms with van der Waals surface area (Å²) in [7, 11) is -1.34. The Labute approximate surface area is 272 Å². The first-order valence-electron chi connectivity index (χ1n) is 14.1. The number of rotatable bonds is 10. The highest BCUT2D eigenvalue weighted by atomic mass is 79.9. The van der Waals surface area contributed by atoms with Gasteiger partial charge >= 0.3 is 12.3 Å². The lowest BCUT2D eigenvalue weighted by Crippen LogP contribution is -2.27. The zero-order valence-electron chi connectivity index (χ0n) is 25.5. The second kappa shape index (κ2) is 13.4. The van der Waals surface area contributed by atoms with Crippen LogP contribution >= 0.6 is 31.9 Å². The van der Waals surface area contributed by atoms with Gasteiger partial charge in [-0.2, -0.15) is 13.2 Å². The van der Waals surface area contributed by atoms with Gasteiger partial charge in [0.05, 0.1) is 21.4 Å². The Bertz CT molecular complexity index is 1640. The van der Waals surface area contributed by atoms with Crippen molar-refractivity contribution in [2.24, 2.45) is 0 Å². The van der Waals surface area contributed by atoms with Crippen molar-refractivity contribution in [2.75, 3.05) is 11.9 Å². The van der Waals surface area contributed by atoms with E-state index in [1.165, 1.54) is 12.1 Å². The number of amides is 1. The quantitative estimate of drug-likeness (QED) is 0.124. The number of alkyl halides is 3. The number of imidazole rings is 1. The Morgan fingerprint density at radius 3 is 2.45 bits per heavy atom. The third kappa shape index (κ3) is 8.52. The predicted molar refractivity (Wildman–Crippen MR) is 176 cm³/mol. The van der Waals surface area contributed by atoms with E-state index in [1.54, 1.807) is 39.1 Å². The van der Waals surface area contributed by atoms with Gasteiger partial charge in [0.25, 0.3) is 0 Å². The van der Waals surface area contributed by atoms with Crippen molar-refractivity contribution in [1.82, 2.24) is 19.5 Å². The largest absolute Gasteiger partial charge is 0.444 e. The molecule has 0 atom stereocenters. The molecule has 0 unspecified atom stereocenters. The van der Waals surface area contributed by atoms with E-state index in [9.17, 15) is 18.0 Å². The highest BCUT2D eigenvalue weighted by Gasteiger charge is 2.33. The first-order chi connectivity index (χ1) is 20.4. The van der Waals surface area contributed by atoms with E-state index in [4.69, 9.17) is 9.47 Å². The van der Waals surface area contributed by atoms with Crippen molar-refractivity contribution in [3.05, 3.63) is 62.3 Å². The monoisotopic (exact) mass is 757 g/mol. The number of hydrogen-bond acceptors (Lipinski definition) is 5. The summed E-state index contributed by atoms with van der Waals surface area (Å²) >= 11 is 7.45. The average molecular weight is 760 g/mol. The van der Waals surface area contributed by atoms with Gasteiger partial charge in [-0.1, -0.05) is 37.8 Å². The summed E-state index contributed by atoms with van der Waals surface area (Å²) in [6, 6.07) is 8.33. The molecule has 238 valence electrons. The van der Waals surface area contributed by atoms with Crippen molar-refractivity contribution in [1.29, 1.82) is 0 Å². The standard InChI is InChI=1S/C30H36Br2F3N5O3Si/c1-29(2,3)43-28(41)39-27-37-21-13-14-36-24(23(21)38-27)25-22(31)19(26(32)40(25)17-42-15-16-44(4,5)6)12-11-18-9-7-8-10-20(18)30(33,34)35/h7-10,13-14H,11-12,15-17H2,1-6H3,(H2,37,38,39,41). The summed E-state index contributed by atoms with van der Waals surface area (Å²) in [6.07, 6.45) is -3.01. The predicted octanol–water partition coefficient (Wildman–Crippen LogP) is 9.41. The number of aryl methyl sites for hydroxylation is 1. The number of hydrogen-bond donors (Lipinski definition) is 2. The molecule has 0 fully saturated rings. The molecule has 14 heteroatoms. The smallest absolute Gasteiger partial charge is 0.416 e. The lowest BCUT2D eigenvalue weighted by atomic mass is 10.0. The van der Waals surface area contributed by atoms with Crippen LogP contribution in [0.25, 0.3) is 22.4 Å². The number of halogens is 5. The molecule has 2 N–H and O–H groups in total. The highest BCUT2D eigenvalue weighted by Crippen LogP contribution is 2.41. The topological polar surface area (TPSA) is 94.1 Å². The minimum atomic E-state index is -4.45. The molecule has 0 aliphatic rings. The summed E-state index contributed by atoms with van der Waals surface area (Å²) in [5.41, 5.74) is 1.90. The molecule has 0 radical (unpaired) electrons. The third-order valence-electron chi connectivity index (χ3n) is 6.66. The number of aromatic amines is 1. The van der Waals surface area contributed by atoms with Crippen molar-refractivity contribution >= 4 is 63.0 Å². The third-order valence-corrected chi connectivity index (χ3v) is 10.1. The SMILES string of the molecule is CC(C)(C)OC(=O)Nc1nc2c(-c3c(Br)c(CCc4ccccc4C(F)(F)F)c(Br)n3COCC[Si](C)(C)C)nccc2[nH]1. The van der Waals surface area contributed by atoms with Gasteiger partial charge in [-0.3, -0.25) is 10.3 Å². The number of fused-ring (bicyclic) bond motifs is 1. The van der Waals surface area contributed by atoms with Crippen LogP contribution in [0.3, 0.4) is 0 Å². The molecule has 0 spiro atoms. The Hall–Kier alpha value is -2.68. The summed E-state index contributed by atoms with van der Waals surface area (Å²) in [5, 5.41) is 2.63. The fourth-order valence-electron chi connectivity index (χ4n) is 4.56. The number of ether oxygens (including phenoxy) is 2. The molecule has 0 aliphatic carbocycles. The Morgan fingerprint density at radius 1 is 1.09 bits per heavy atom. The molecule has 44 heavy (non-hydrogen) atoms. The summed E-state index contributed by atoms with van der Waals surface area (Å²) < 4.78 is 55.8. The average Bonchev–Trinajstić information content (AvgIpc) is 3.40. The van der Waals surface area contributed by atoms with Crippen molar-refractivity contribution in [2.45, 2.75) is 77.8 Å². The van der Waals surface area contributed by atoms with Gasteiger partial charge in [-0.05, 0) is 94.8 Å². The molecule has 0 aliphatic heterocycles. The molecule has 3 heterocycles. The van der Waals surface area contributed by atoms with Gasteiger partial charge < -0.3 is 19.0 Å². The van der Waals surface area contributed by atoms with E-state index in [1.807, 2.05) is 4.57 Å². The lowest BCUT2D eigenvalue weighted by Gasteiger charge is -2.18. The Morgan fingerprint density at radius 2 is 1.80 bits per heavy atom. The summed E-state index contributed by atoms with van der Waals surface area (Å²) in [4.78, 5) is 24.7. The second-order valence-corrected chi connectivity index (χ2v) is 19.8. The van der Waals surface area contributed by atoms with E-state index >= 15 is 0 Å². The van der Waals surface area contributed by atoms with Crippen LogP contribution in [0.5, 0.6) is 0 Å². The fourth-order valence-corrected chi connectivity index (χ4v) is 7.04. The summed E-state index contributed by atoms with van der Waals surface area (Å²) in [6.45, 7) is 12.9. The van der Waals surface area contributed by atoms with Crippen LogP contribution < -0.4 is 5.32 Å². The fraction of sp³-hybridized carbons (Fsp3) is 0.433. The number of anilines is 1. The number of nitrogens with one attached hydrogen (secondary N) is 2. The van der Waals surface area contributed by atoms with E-state index in [2.05, 4.69) is 71.8 Å². The van der Waals surface area contributed by atoms with Crippen LogP contribution in [-0.2, 0) is 35.2 Å². The van der Waals surface area contributed by atoms with Crippen LogP contribution in [0, 0.1) is 0 Å². The molecule has 4 rings (SSSR count). The first kappa shape index (κ1) is 34.2. The molecule has 0 bridgehead atoms. The molecular formula is C30H36Br2F3N5O3Si. The van der Waals surface area contributed by atoms with Gasteiger partial charge in [0, 0.05) is 25.4 Å². The van der Waals surface area contributed by atoms with Crippen LogP contribution in [0.15, 0.2) is 45.6 Å². The number of nitrogens with zero attached hydrogens (tertiary/aromatic N) is 3. The molecule has 8 nitrogen and oxygen atoms in total. The Balaban J connectivity index is 1.74. The maximum Gasteiger partial charge on any atom is 0.416 e. The maximum atomic E-state index is 13.7. The zero-order valence-corrected chi connectivity index (χ0v) is 29.6. The van der Waals surface area contributed by atoms with Crippen LogP contribution in [0.1, 0.15) is 37.5 Å². The number of aromatic nitrogens is 4. The highest BCUT2D eigenvalue weighted by molar-refractivity contribution is 9.11. The zero-order chi connectivity index (χ0) is 32.4.